The van der Waals surface area contributed by atoms with Crippen LogP contribution in [0.4, 0.5) is 0 Å². The standard InChI is InChI=1S/C21H17N3O2S/c25-21(26)19-18(13-7-8-13)23-20(14-4-3-9-22-10-14)24(19)11-15-12-27-17-6-2-1-5-16(15)17/h1-6,9-10,12-13H,7-8,11H2,(H,25,26). The highest BCUT2D eigenvalue weighted by Gasteiger charge is 2.34. The minimum Gasteiger partial charge on any atom is -0.477 e. The summed E-state index contributed by atoms with van der Waals surface area (Å²) >= 11 is 1.68. The molecular weight excluding hydrogens is 358 g/mol. The molecule has 3 heterocycles. The fraction of sp³-hybridized carbons (Fsp3) is 0.190. The van der Waals surface area contributed by atoms with E-state index in [1.54, 1.807) is 23.7 Å². The lowest BCUT2D eigenvalue weighted by molar-refractivity contribution is 0.0684. The van der Waals surface area contributed by atoms with E-state index in [2.05, 4.69) is 22.5 Å². The molecular formula is C21H17N3O2S. The van der Waals surface area contributed by atoms with Crippen LogP contribution in [0.15, 0.2) is 54.2 Å². The van der Waals surface area contributed by atoms with Gasteiger partial charge in [0.2, 0.25) is 0 Å². The van der Waals surface area contributed by atoms with Gasteiger partial charge in [-0.2, -0.15) is 0 Å². The van der Waals surface area contributed by atoms with Gasteiger partial charge in [-0.25, -0.2) is 9.78 Å². The van der Waals surface area contributed by atoms with Crippen LogP contribution in [0.1, 0.15) is 40.5 Å². The molecule has 0 bridgehead atoms. The number of fused-ring (bicyclic) bond motifs is 1. The molecule has 0 spiro atoms. The summed E-state index contributed by atoms with van der Waals surface area (Å²) in [7, 11) is 0. The summed E-state index contributed by atoms with van der Waals surface area (Å²) in [5.41, 5.74) is 2.97. The molecule has 1 aliphatic rings. The number of aromatic nitrogens is 3. The van der Waals surface area contributed by atoms with Gasteiger partial charge in [0.15, 0.2) is 5.69 Å². The van der Waals surface area contributed by atoms with Gasteiger partial charge in [0.05, 0.1) is 12.2 Å². The van der Waals surface area contributed by atoms with Crippen molar-refractivity contribution in [2.75, 3.05) is 0 Å². The Hall–Kier alpha value is -2.99. The molecule has 5 rings (SSSR count). The van der Waals surface area contributed by atoms with Crippen LogP contribution in [0.2, 0.25) is 0 Å². The van der Waals surface area contributed by atoms with Crippen LogP contribution in [-0.2, 0) is 6.54 Å². The van der Waals surface area contributed by atoms with E-state index in [0.717, 1.165) is 29.4 Å². The highest BCUT2D eigenvalue weighted by Crippen LogP contribution is 2.43. The van der Waals surface area contributed by atoms with Gasteiger partial charge >= 0.3 is 5.97 Å². The molecule has 5 nitrogen and oxygen atoms in total. The lowest BCUT2D eigenvalue weighted by Gasteiger charge is -2.10. The van der Waals surface area contributed by atoms with Gasteiger partial charge in [-0.15, -0.1) is 11.3 Å². The third-order valence-corrected chi connectivity index (χ3v) is 5.98. The molecule has 0 atom stereocenters. The molecule has 1 fully saturated rings. The molecule has 0 radical (unpaired) electrons. The van der Waals surface area contributed by atoms with Crippen LogP contribution in [0.3, 0.4) is 0 Å². The quantitative estimate of drug-likeness (QED) is 0.545. The first-order chi connectivity index (χ1) is 13.2. The maximum atomic E-state index is 12.1. The Kier molecular flexibility index (Phi) is 3.79. The zero-order chi connectivity index (χ0) is 18.4. The molecule has 0 unspecified atom stereocenters. The lowest BCUT2D eigenvalue weighted by Crippen LogP contribution is -2.12. The van der Waals surface area contributed by atoms with Crippen molar-refractivity contribution in [1.82, 2.24) is 14.5 Å². The average Bonchev–Trinajstić information content (AvgIpc) is 3.35. The Balaban J connectivity index is 1.70. The number of carboxylic acids is 1. The fourth-order valence-corrected chi connectivity index (χ4v) is 4.49. The topological polar surface area (TPSA) is 68.0 Å². The monoisotopic (exact) mass is 375 g/mol. The number of hydrogen-bond donors (Lipinski definition) is 1. The molecule has 0 saturated heterocycles. The molecule has 134 valence electrons. The zero-order valence-corrected chi connectivity index (χ0v) is 15.3. The third kappa shape index (κ3) is 2.82. The van der Waals surface area contributed by atoms with E-state index < -0.39 is 5.97 Å². The largest absolute Gasteiger partial charge is 0.477 e. The summed E-state index contributed by atoms with van der Waals surface area (Å²) < 4.78 is 3.05. The van der Waals surface area contributed by atoms with Crippen molar-refractivity contribution in [3.05, 3.63) is 71.1 Å². The van der Waals surface area contributed by atoms with Gasteiger partial charge in [0.1, 0.15) is 5.82 Å². The number of nitrogens with zero attached hydrogens (tertiary/aromatic N) is 3. The number of aromatic carboxylic acids is 1. The molecule has 27 heavy (non-hydrogen) atoms. The molecule has 3 aromatic heterocycles. The van der Waals surface area contributed by atoms with Crippen LogP contribution in [0.5, 0.6) is 0 Å². The summed E-state index contributed by atoms with van der Waals surface area (Å²) in [4.78, 5) is 21.1. The van der Waals surface area contributed by atoms with E-state index in [9.17, 15) is 9.90 Å². The Morgan fingerprint density at radius 1 is 1.22 bits per heavy atom. The first-order valence-corrected chi connectivity index (χ1v) is 9.79. The Morgan fingerprint density at radius 3 is 2.81 bits per heavy atom. The third-order valence-electron chi connectivity index (χ3n) is 4.97. The maximum Gasteiger partial charge on any atom is 0.354 e. The zero-order valence-electron chi connectivity index (χ0n) is 14.5. The minimum absolute atomic E-state index is 0.256. The predicted octanol–water partition coefficient (Wildman–Crippen LogP) is 4.78. The lowest BCUT2D eigenvalue weighted by atomic mass is 10.1. The van der Waals surface area contributed by atoms with Gasteiger partial charge in [-0.1, -0.05) is 18.2 Å². The molecule has 1 N–H and O–H groups in total. The molecule has 1 aromatic carbocycles. The number of imidazole rings is 1. The summed E-state index contributed by atoms with van der Waals surface area (Å²) in [6, 6.07) is 12.0. The summed E-state index contributed by atoms with van der Waals surface area (Å²) in [5.74, 6) is 0.0174. The second-order valence-corrected chi connectivity index (χ2v) is 7.74. The number of hydrogen-bond acceptors (Lipinski definition) is 4. The SMILES string of the molecule is O=C(O)c1c(C2CC2)nc(-c2cccnc2)n1Cc1csc2ccccc12. The number of carbonyl (C=O) groups is 1. The van der Waals surface area contributed by atoms with Crippen LogP contribution in [0.25, 0.3) is 21.5 Å². The minimum atomic E-state index is -0.918. The van der Waals surface area contributed by atoms with Crippen molar-refractivity contribution < 1.29 is 9.90 Å². The van der Waals surface area contributed by atoms with Gasteiger partial charge in [-0.05, 0) is 47.4 Å². The van der Waals surface area contributed by atoms with Crippen molar-refractivity contribution in [3.8, 4) is 11.4 Å². The highest BCUT2D eigenvalue weighted by molar-refractivity contribution is 7.17. The number of benzene rings is 1. The van der Waals surface area contributed by atoms with E-state index in [4.69, 9.17) is 4.98 Å². The van der Waals surface area contributed by atoms with Crippen molar-refractivity contribution in [2.45, 2.75) is 25.3 Å². The Morgan fingerprint density at radius 2 is 2.07 bits per heavy atom. The fourth-order valence-electron chi connectivity index (χ4n) is 3.53. The van der Waals surface area contributed by atoms with E-state index in [1.165, 1.54) is 4.70 Å². The maximum absolute atomic E-state index is 12.1. The first kappa shape index (κ1) is 16.2. The van der Waals surface area contributed by atoms with Crippen LogP contribution >= 0.6 is 11.3 Å². The van der Waals surface area contributed by atoms with Gasteiger partial charge in [0, 0.05) is 28.6 Å². The summed E-state index contributed by atoms with van der Waals surface area (Å²) in [5, 5.41) is 13.2. The molecule has 0 aliphatic heterocycles. The molecule has 1 saturated carbocycles. The first-order valence-electron chi connectivity index (χ1n) is 8.91. The van der Waals surface area contributed by atoms with E-state index >= 15 is 0 Å². The summed E-state index contributed by atoms with van der Waals surface area (Å²) in [6.45, 7) is 0.482. The van der Waals surface area contributed by atoms with Crippen LogP contribution < -0.4 is 0 Å². The number of thiophene rings is 1. The molecule has 6 heteroatoms. The molecule has 4 aromatic rings. The number of pyridine rings is 1. The normalized spacial score (nSPS) is 13.9. The Labute approximate surface area is 160 Å². The average molecular weight is 375 g/mol. The van der Waals surface area contributed by atoms with Crippen molar-refractivity contribution in [3.63, 3.8) is 0 Å². The van der Waals surface area contributed by atoms with Gasteiger partial charge in [0.25, 0.3) is 0 Å². The van der Waals surface area contributed by atoms with Gasteiger partial charge < -0.3 is 9.67 Å². The molecule has 0 amide bonds. The van der Waals surface area contributed by atoms with E-state index in [0.29, 0.717) is 23.8 Å². The Bertz CT molecular complexity index is 1140. The summed E-state index contributed by atoms with van der Waals surface area (Å²) in [6.07, 6.45) is 5.46. The second kappa shape index (κ2) is 6.32. The predicted molar refractivity (Wildman–Crippen MR) is 105 cm³/mol. The molecule has 1 aliphatic carbocycles. The van der Waals surface area contributed by atoms with E-state index in [1.807, 2.05) is 28.8 Å². The number of carboxylic acid groups (broad SMARTS) is 1. The van der Waals surface area contributed by atoms with Gasteiger partial charge in [-0.3, -0.25) is 4.98 Å². The van der Waals surface area contributed by atoms with Crippen molar-refractivity contribution in [1.29, 1.82) is 0 Å². The van der Waals surface area contributed by atoms with Crippen molar-refractivity contribution >= 4 is 27.4 Å². The van der Waals surface area contributed by atoms with E-state index in [-0.39, 0.29) is 5.92 Å². The van der Waals surface area contributed by atoms with Crippen LogP contribution in [-0.4, -0.2) is 25.6 Å². The second-order valence-electron chi connectivity index (χ2n) is 6.83. The van der Waals surface area contributed by atoms with Crippen molar-refractivity contribution in [2.24, 2.45) is 0 Å². The number of rotatable bonds is 5. The smallest absolute Gasteiger partial charge is 0.354 e. The van der Waals surface area contributed by atoms with Crippen LogP contribution in [0, 0.1) is 0 Å². The highest BCUT2D eigenvalue weighted by atomic mass is 32.1.